The predicted octanol–water partition coefficient (Wildman–Crippen LogP) is 2.30. The van der Waals surface area contributed by atoms with Crippen molar-refractivity contribution in [2.75, 3.05) is 11.9 Å². The van der Waals surface area contributed by atoms with Crippen LogP contribution in [0.4, 0.5) is 5.82 Å². The Bertz CT molecular complexity index is 431. The molecular weight excluding hydrogens is 242 g/mol. The fraction of sp³-hybridized carbons (Fsp3) is 0.333. The number of anilines is 1. The quantitative estimate of drug-likeness (QED) is 0.825. The minimum Gasteiger partial charge on any atom is -0.370 e. The van der Waals surface area contributed by atoms with Crippen molar-refractivity contribution in [3.05, 3.63) is 17.9 Å². The highest BCUT2D eigenvalue weighted by Crippen LogP contribution is 2.27. The fourth-order valence-electron chi connectivity index (χ4n) is 1.04. The average Bonchev–Trinajstić information content (AvgIpc) is 2.80. The molecule has 0 spiro atoms. The second-order valence-corrected chi connectivity index (χ2v) is 5.08. The van der Waals surface area contributed by atoms with Gasteiger partial charge in [0.1, 0.15) is 22.7 Å². The first-order valence-corrected chi connectivity index (χ1v) is 6.58. The van der Waals surface area contributed by atoms with E-state index in [4.69, 9.17) is 0 Å². The number of nitrogens with zero attached hydrogens (tertiary/aromatic N) is 4. The Balaban J connectivity index is 2.04. The summed E-state index contributed by atoms with van der Waals surface area (Å²) in [5.74, 6) is 0.851. The summed E-state index contributed by atoms with van der Waals surface area (Å²) in [5.41, 5.74) is 1.71. The SMILES string of the molecule is CCCNc1cc(Sc2nncs2)ncn1. The van der Waals surface area contributed by atoms with Gasteiger partial charge in [-0.1, -0.05) is 18.3 Å². The third kappa shape index (κ3) is 3.14. The van der Waals surface area contributed by atoms with Crippen molar-refractivity contribution in [2.24, 2.45) is 0 Å². The molecule has 0 aliphatic carbocycles. The zero-order valence-electron chi connectivity index (χ0n) is 8.75. The first-order valence-electron chi connectivity index (χ1n) is 4.88. The highest BCUT2D eigenvalue weighted by atomic mass is 32.2. The third-order valence-electron chi connectivity index (χ3n) is 1.73. The minimum absolute atomic E-state index is 0.851. The van der Waals surface area contributed by atoms with Crippen molar-refractivity contribution >= 4 is 28.9 Å². The Morgan fingerprint density at radius 3 is 3.12 bits per heavy atom. The molecule has 2 rings (SSSR count). The Morgan fingerprint density at radius 1 is 1.44 bits per heavy atom. The largest absolute Gasteiger partial charge is 0.370 e. The van der Waals surface area contributed by atoms with E-state index in [1.54, 1.807) is 11.8 Å². The smallest absolute Gasteiger partial charge is 0.180 e. The lowest BCUT2D eigenvalue weighted by atomic mass is 10.4. The van der Waals surface area contributed by atoms with Gasteiger partial charge in [0.2, 0.25) is 0 Å². The maximum absolute atomic E-state index is 4.17. The van der Waals surface area contributed by atoms with Gasteiger partial charge in [-0.15, -0.1) is 10.2 Å². The highest BCUT2D eigenvalue weighted by Gasteiger charge is 2.03. The summed E-state index contributed by atoms with van der Waals surface area (Å²) >= 11 is 3.00. The molecule has 0 saturated carbocycles. The van der Waals surface area contributed by atoms with Crippen LogP contribution in [-0.2, 0) is 0 Å². The van der Waals surface area contributed by atoms with Crippen LogP contribution in [-0.4, -0.2) is 26.7 Å². The maximum atomic E-state index is 4.17. The van der Waals surface area contributed by atoms with E-state index in [1.165, 1.54) is 23.1 Å². The second-order valence-electron chi connectivity index (χ2n) is 2.97. The van der Waals surface area contributed by atoms with Crippen molar-refractivity contribution in [1.29, 1.82) is 0 Å². The van der Waals surface area contributed by atoms with Gasteiger partial charge in [-0.05, 0) is 18.2 Å². The molecule has 0 aliphatic rings. The molecule has 84 valence electrons. The lowest BCUT2D eigenvalue weighted by Gasteiger charge is -2.03. The molecule has 2 aromatic rings. The van der Waals surface area contributed by atoms with Crippen molar-refractivity contribution in [2.45, 2.75) is 22.7 Å². The van der Waals surface area contributed by atoms with E-state index in [1.807, 2.05) is 6.07 Å². The maximum Gasteiger partial charge on any atom is 0.180 e. The van der Waals surface area contributed by atoms with Crippen LogP contribution >= 0.6 is 23.1 Å². The molecule has 2 aromatic heterocycles. The lowest BCUT2D eigenvalue weighted by molar-refractivity contribution is 0.951. The number of rotatable bonds is 5. The molecule has 0 saturated heterocycles. The molecule has 0 aliphatic heterocycles. The van der Waals surface area contributed by atoms with Crippen LogP contribution in [0.3, 0.4) is 0 Å². The van der Waals surface area contributed by atoms with Crippen molar-refractivity contribution in [1.82, 2.24) is 20.2 Å². The summed E-state index contributed by atoms with van der Waals surface area (Å²) in [6.45, 7) is 3.03. The molecule has 0 fully saturated rings. The molecule has 16 heavy (non-hydrogen) atoms. The molecule has 0 unspecified atom stereocenters. The van der Waals surface area contributed by atoms with Gasteiger partial charge in [0.05, 0.1) is 0 Å². The number of nitrogens with one attached hydrogen (secondary N) is 1. The van der Waals surface area contributed by atoms with Crippen LogP contribution in [0.15, 0.2) is 27.3 Å². The van der Waals surface area contributed by atoms with Gasteiger partial charge in [-0.3, -0.25) is 0 Å². The minimum atomic E-state index is 0.851. The van der Waals surface area contributed by atoms with E-state index in [0.29, 0.717) is 0 Å². The van der Waals surface area contributed by atoms with Crippen molar-refractivity contribution < 1.29 is 0 Å². The normalized spacial score (nSPS) is 10.3. The van der Waals surface area contributed by atoms with Gasteiger partial charge in [0.15, 0.2) is 4.34 Å². The summed E-state index contributed by atoms with van der Waals surface area (Å²) in [4.78, 5) is 8.31. The molecule has 0 atom stereocenters. The van der Waals surface area contributed by atoms with E-state index < -0.39 is 0 Å². The van der Waals surface area contributed by atoms with Crippen LogP contribution in [0.1, 0.15) is 13.3 Å². The Labute approximate surface area is 102 Å². The molecule has 0 radical (unpaired) electrons. The predicted molar refractivity (Wildman–Crippen MR) is 64.8 cm³/mol. The zero-order valence-corrected chi connectivity index (χ0v) is 10.4. The van der Waals surface area contributed by atoms with Gasteiger partial charge in [-0.25, -0.2) is 9.97 Å². The number of aromatic nitrogens is 4. The van der Waals surface area contributed by atoms with Gasteiger partial charge < -0.3 is 5.32 Å². The first kappa shape index (κ1) is 11.3. The number of hydrogen-bond acceptors (Lipinski definition) is 7. The van der Waals surface area contributed by atoms with E-state index in [-0.39, 0.29) is 0 Å². The Morgan fingerprint density at radius 2 is 2.38 bits per heavy atom. The Kier molecular flexibility index (Phi) is 4.06. The van der Waals surface area contributed by atoms with Crippen LogP contribution < -0.4 is 5.32 Å². The van der Waals surface area contributed by atoms with Crippen LogP contribution in [0, 0.1) is 0 Å². The molecule has 2 heterocycles. The van der Waals surface area contributed by atoms with Gasteiger partial charge >= 0.3 is 0 Å². The molecule has 1 N–H and O–H groups in total. The van der Waals surface area contributed by atoms with E-state index in [0.717, 1.165) is 28.1 Å². The summed E-state index contributed by atoms with van der Waals surface area (Å²) in [6, 6.07) is 1.92. The highest BCUT2D eigenvalue weighted by molar-refractivity contribution is 8.00. The van der Waals surface area contributed by atoms with Gasteiger partial charge in [0, 0.05) is 12.6 Å². The van der Waals surface area contributed by atoms with Crippen LogP contribution in [0.2, 0.25) is 0 Å². The van der Waals surface area contributed by atoms with Crippen molar-refractivity contribution in [3.8, 4) is 0 Å². The van der Waals surface area contributed by atoms with Crippen LogP contribution in [0.5, 0.6) is 0 Å². The second kappa shape index (κ2) is 5.76. The van der Waals surface area contributed by atoms with E-state index in [9.17, 15) is 0 Å². The third-order valence-corrected chi connectivity index (χ3v) is 3.44. The van der Waals surface area contributed by atoms with Crippen molar-refractivity contribution in [3.63, 3.8) is 0 Å². The molecule has 5 nitrogen and oxygen atoms in total. The Hall–Kier alpha value is -1.21. The summed E-state index contributed by atoms with van der Waals surface area (Å²) < 4.78 is 0.889. The molecule has 0 bridgehead atoms. The summed E-state index contributed by atoms with van der Waals surface area (Å²) in [7, 11) is 0. The van der Waals surface area contributed by atoms with E-state index >= 15 is 0 Å². The standard InChI is InChI=1S/C9H11N5S2/c1-2-3-10-7-4-8(12-5-11-7)16-9-14-13-6-15-9/h4-6H,2-3H2,1H3,(H,10,11,12). The number of hydrogen-bond donors (Lipinski definition) is 1. The summed E-state index contributed by atoms with van der Waals surface area (Å²) in [6.07, 6.45) is 2.63. The molecule has 0 amide bonds. The van der Waals surface area contributed by atoms with Crippen LogP contribution in [0.25, 0.3) is 0 Å². The molecule has 7 heteroatoms. The van der Waals surface area contributed by atoms with Gasteiger partial charge in [0.25, 0.3) is 0 Å². The topological polar surface area (TPSA) is 63.6 Å². The average molecular weight is 253 g/mol. The van der Waals surface area contributed by atoms with Gasteiger partial charge in [-0.2, -0.15) is 0 Å². The van der Waals surface area contributed by atoms with E-state index in [2.05, 4.69) is 32.4 Å². The monoisotopic (exact) mass is 253 g/mol. The zero-order chi connectivity index (χ0) is 11.2. The fourth-order valence-corrected chi connectivity index (χ4v) is 2.44. The first-order chi connectivity index (χ1) is 7.88. The molecule has 0 aromatic carbocycles. The lowest BCUT2D eigenvalue weighted by Crippen LogP contribution is -2.02. The summed E-state index contributed by atoms with van der Waals surface area (Å²) in [5, 5.41) is 11.8. The molecular formula is C9H11N5S2.